The van der Waals surface area contributed by atoms with Gasteiger partial charge in [-0.05, 0) is 46.8 Å². The number of amides is 2. The zero-order chi connectivity index (χ0) is 22.7. The summed E-state index contributed by atoms with van der Waals surface area (Å²) in [5, 5.41) is 12.3. The second-order valence-electron chi connectivity index (χ2n) is 8.06. The number of H-pyrrole nitrogens is 1. The third-order valence-corrected chi connectivity index (χ3v) is 6.33. The van der Waals surface area contributed by atoms with Gasteiger partial charge in [-0.1, -0.05) is 73.7 Å². The van der Waals surface area contributed by atoms with Crippen molar-refractivity contribution in [2.24, 2.45) is 5.92 Å². The zero-order valence-electron chi connectivity index (χ0n) is 17.8. The molecular weight excluding hydrogens is 444 g/mol. The SMILES string of the molecule is CC(C)C[C@H](NC(=O)OCC1c2ccccc2-c2ccccc21)C(=O)Nc1n[nH]c(=S)s1. The van der Waals surface area contributed by atoms with Crippen molar-refractivity contribution in [2.45, 2.75) is 32.2 Å². The lowest BCUT2D eigenvalue weighted by Crippen LogP contribution is -2.45. The van der Waals surface area contributed by atoms with E-state index < -0.39 is 12.1 Å². The monoisotopic (exact) mass is 468 g/mol. The molecule has 0 radical (unpaired) electrons. The molecule has 1 aliphatic rings. The van der Waals surface area contributed by atoms with Crippen LogP contribution in [0.5, 0.6) is 0 Å². The molecule has 0 bridgehead atoms. The third kappa shape index (κ3) is 4.89. The van der Waals surface area contributed by atoms with Gasteiger partial charge in [0.05, 0.1) is 0 Å². The molecule has 9 heteroatoms. The Bertz CT molecular complexity index is 1140. The molecule has 4 rings (SSSR count). The van der Waals surface area contributed by atoms with Crippen molar-refractivity contribution in [2.75, 3.05) is 11.9 Å². The van der Waals surface area contributed by atoms with Crippen molar-refractivity contribution >= 4 is 40.7 Å². The van der Waals surface area contributed by atoms with E-state index in [4.69, 9.17) is 17.0 Å². The average Bonchev–Trinajstić information content (AvgIpc) is 3.32. The molecule has 32 heavy (non-hydrogen) atoms. The van der Waals surface area contributed by atoms with Gasteiger partial charge in [-0.2, -0.15) is 0 Å². The number of aromatic amines is 1. The lowest BCUT2D eigenvalue weighted by Gasteiger charge is -2.20. The van der Waals surface area contributed by atoms with Crippen LogP contribution in [0, 0.1) is 9.87 Å². The maximum Gasteiger partial charge on any atom is 0.407 e. The quantitative estimate of drug-likeness (QED) is 0.420. The molecule has 0 unspecified atom stereocenters. The molecule has 7 nitrogen and oxygen atoms in total. The Hall–Kier alpha value is -3.04. The van der Waals surface area contributed by atoms with E-state index >= 15 is 0 Å². The van der Waals surface area contributed by atoms with E-state index in [1.165, 1.54) is 0 Å². The first kappa shape index (κ1) is 22.2. The van der Waals surface area contributed by atoms with Crippen molar-refractivity contribution in [3.05, 3.63) is 63.6 Å². The van der Waals surface area contributed by atoms with Crippen molar-refractivity contribution in [1.29, 1.82) is 0 Å². The van der Waals surface area contributed by atoms with Crippen LogP contribution >= 0.6 is 23.6 Å². The highest BCUT2D eigenvalue weighted by Gasteiger charge is 2.30. The van der Waals surface area contributed by atoms with E-state index in [2.05, 4.69) is 45.1 Å². The van der Waals surface area contributed by atoms with Crippen molar-refractivity contribution in [3.8, 4) is 11.1 Å². The van der Waals surface area contributed by atoms with Crippen molar-refractivity contribution in [1.82, 2.24) is 15.5 Å². The highest BCUT2D eigenvalue weighted by molar-refractivity contribution is 7.73. The molecule has 0 saturated heterocycles. The van der Waals surface area contributed by atoms with E-state index in [0.717, 1.165) is 33.6 Å². The predicted molar refractivity (Wildman–Crippen MR) is 127 cm³/mol. The van der Waals surface area contributed by atoms with E-state index in [-0.39, 0.29) is 24.3 Å². The molecule has 166 valence electrons. The smallest absolute Gasteiger partial charge is 0.407 e. The number of carbonyl (C=O) groups excluding carboxylic acids is 2. The number of aromatic nitrogens is 2. The van der Waals surface area contributed by atoms with E-state index in [1.807, 2.05) is 38.1 Å². The summed E-state index contributed by atoms with van der Waals surface area (Å²) in [5.74, 6) is -0.205. The molecule has 1 aromatic heterocycles. The summed E-state index contributed by atoms with van der Waals surface area (Å²) in [4.78, 5) is 25.3. The van der Waals surface area contributed by atoms with Crippen LogP contribution in [0.1, 0.15) is 37.3 Å². The number of carbonyl (C=O) groups is 2. The summed E-state index contributed by atoms with van der Waals surface area (Å²) in [7, 11) is 0. The molecule has 1 aliphatic carbocycles. The summed E-state index contributed by atoms with van der Waals surface area (Å²) >= 11 is 6.15. The number of nitrogens with one attached hydrogen (secondary N) is 3. The number of ether oxygens (including phenoxy) is 1. The van der Waals surface area contributed by atoms with Gasteiger partial charge in [-0.3, -0.25) is 15.2 Å². The molecule has 2 aromatic carbocycles. The first-order valence-electron chi connectivity index (χ1n) is 10.4. The first-order valence-corrected chi connectivity index (χ1v) is 11.6. The van der Waals surface area contributed by atoms with Gasteiger partial charge in [0.1, 0.15) is 12.6 Å². The fraction of sp³-hybridized carbons (Fsp3) is 0.304. The number of anilines is 1. The molecule has 2 amide bonds. The first-order chi connectivity index (χ1) is 15.4. The minimum absolute atomic E-state index is 0.0399. The maximum atomic E-state index is 12.7. The molecule has 0 aliphatic heterocycles. The van der Waals surface area contributed by atoms with Crippen LogP contribution in [0.2, 0.25) is 0 Å². The van der Waals surface area contributed by atoms with Crippen molar-refractivity contribution < 1.29 is 14.3 Å². The molecule has 3 aromatic rings. The van der Waals surface area contributed by atoms with E-state index in [1.54, 1.807) is 0 Å². The molecule has 0 spiro atoms. The van der Waals surface area contributed by atoms with Crippen LogP contribution in [0.3, 0.4) is 0 Å². The van der Waals surface area contributed by atoms with Gasteiger partial charge in [0, 0.05) is 5.92 Å². The Morgan fingerprint density at radius 1 is 1.12 bits per heavy atom. The van der Waals surface area contributed by atoms with Crippen LogP contribution < -0.4 is 10.6 Å². The number of hydrogen-bond acceptors (Lipinski definition) is 6. The van der Waals surface area contributed by atoms with Crippen molar-refractivity contribution in [3.63, 3.8) is 0 Å². The third-order valence-electron chi connectivity index (χ3n) is 5.33. The number of nitrogens with zero attached hydrogens (tertiary/aromatic N) is 1. The Morgan fingerprint density at radius 2 is 1.75 bits per heavy atom. The van der Waals surface area contributed by atoms with Crippen LogP contribution in [0.25, 0.3) is 11.1 Å². The highest BCUT2D eigenvalue weighted by Crippen LogP contribution is 2.44. The normalized spacial score (nSPS) is 13.3. The van der Waals surface area contributed by atoms with Gasteiger partial charge in [0.25, 0.3) is 0 Å². The fourth-order valence-electron chi connectivity index (χ4n) is 3.96. The number of hydrogen-bond donors (Lipinski definition) is 3. The van der Waals surface area contributed by atoms with Gasteiger partial charge >= 0.3 is 6.09 Å². The maximum absolute atomic E-state index is 12.7. The fourth-order valence-corrected chi connectivity index (χ4v) is 4.75. The number of fused-ring (bicyclic) bond motifs is 3. The van der Waals surface area contributed by atoms with Crippen LogP contribution in [0.4, 0.5) is 9.93 Å². The summed E-state index contributed by atoms with van der Waals surface area (Å²) < 4.78 is 6.05. The Kier molecular flexibility index (Phi) is 6.66. The molecule has 0 saturated carbocycles. The lowest BCUT2D eigenvalue weighted by molar-refractivity contribution is -0.118. The van der Waals surface area contributed by atoms with Crippen LogP contribution in [-0.2, 0) is 9.53 Å². The predicted octanol–water partition coefficient (Wildman–Crippen LogP) is 5.09. The molecule has 1 heterocycles. The van der Waals surface area contributed by atoms with Gasteiger partial charge in [-0.15, -0.1) is 5.10 Å². The molecular formula is C23H24N4O3S2. The van der Waals surface area contributed by atoms with Crippen LogP contribution in [0.15, 0.2) is 48.5 Å². The van der Waals surface area contributed by atoms with Gasteiger partial charge < -0.3 is 10.1 Å². The Labute approximate surface area is 195 Å². The number of benzene rings is 2. The molecule has 3 N–H and O–H groups in total. The standard InChI is InChI=1S/C23H24N4O3S2/c1-13(2)11-19(20(28)25-21-26-27-23(31)32-21)24-22(29)30-12-18-16-9-5-3-7-14(16)15-8-4-6-10-17(15)18/h3-10,13,18-19H,11-12H2,1-2H3,(H,24,29)(H,27,31)(H,25,26,28)/t19-/m0/s1. The second kappa shape index (κ2) is 9.62. The average molecular weight is 469 g/mol. The minimum Gasteiger partial charge on any atom is -0.449 e. The highest BCUT2D eigenvalue weighted by atomic mass is 32.1. The molecule has 0 fully saturated rings. The van der Waals surface area contributed by atoms with Crippen LogP contribution in [-0.4, -0.2) is 34.8 Å². The van der Waals surface area contributed by atoms with E-state index in [9.17, 15) is 9.59 Å². The summed E-state index contributed by atoms with van der Waals surface area (Å²) in [6.45, 7) is 4.16. The summed E-state index contributed by atoms with van der Waals surface area (Å²) in [5.41, 5.74) is 4.60. The van der Waals surface area contributed by atoms with Gasteiger partial charge in [-0.25, -0.2) is 4.79 Å². The largest absolute Gasteiger partial charge is 0.449 e. The summed E-state index contributed by atoms with van der Waals surface area (Å²) in [6.07, 6.45) is -0.159. The lowest BCUT2D eigenvalue weighted by atomic mass is 9.98. The molecule has 1 atom stereocenters. The second-order valence-corrected chi connectivity index (χ2v) is 9.73. The Balaban J connectivity index is 1.42. The van der Waals surface area contributed by atoms with E-state index in [0.29, 0.717) is 15.5 Å². The van der Waals surface area contributed by atoms with Gasteiger partial charge in [0.2, 0.25) is 11.0 Å². The zero-order valence-corrected chi connectivity index (χ0v) is 19.4. The summed E-state index contributed by atoms with van der Waals surface area (Å²) in [6, 6.07) is 15.6. The Morgan fingerprint density at radius 3 is 2.31 bits per heavy atom. The van der Waals surface area contributed by atoms with Gasteiger partial charge in [0.15, 0.2) is 3.95 Å². The minimum atomic E-state index is -0.747. The number of rotatable bonds is 7. The number of alkyl carbamates (subject to hydrolysis) is 1. The topological polar surface area (TPSA) is 96.1 Å².